The van der Waals surface area contributed by atoms with E-state index < -0.39 is 30.1 Å². The maximum absolute atomic E-state index is 15.0. The van der Waals surface area contributed by atoms with E-state index >= 15 is 0 Å². The standard InChI is InChI=1S/C48H49NO4SSi/c1-4-39-30-33-43(34-31-39)54(51,52)49(37-41-22-12-6-13-23-41)42(36-40-20-10-5-11-21-40)32-35-47(38(2)48(50)53-3)55(44-24-14-7-15-25-44,45-26-16-8-17-27-45)46-28-18-9-19-29-46/h5-35,38,42,47H,4,36-37H2,1-3H3/b35-32+/t38-,42-,47-/m1/s1. The van der Waals surface area contributed by atoms with E-state index in [1.807, 2.05) is 97.9 Å². The third-order valence-corrected chi connectivity index (χ3v) is 17.9. The molecule has 6 aromatic carbocycles. The molecule has 0 heterocycles. The van der Waals surface area contributed by atoms with Crippen molar-refractivity contribution < 1.29 is 17.9 Å². The van der Waals surface area contributed by atoms with Crippen molar-refractivity contribution in [3.63, 3.8) is 0 Å². The van der Waals surface area contributed by atoms with Crippen LogP contribution in [0.25, 0.3) is 0 Å². The highest BCUT2D eigenvalue weighted by Gasteiger charge is 2.49. The van der Waals surface area contributed by atoms with E-state index in [1.54, 1.807) is 16.4 Å². The highest BCUT2D eigenvalue weighted by Crippen LogP contribution is 2.34. The van der Waals surface area contributed by atoms with Gasteiger partial charge in [0.05, 0.1) is 17.9 Å². The maximum Gasteiger partial charge on any atom is 0.308 e. The van der Waals surface area contributed by atoms with Gasteiger partial charge in [0.1, 0.15) is 0 Å². The van der Waals surface area contributed by atoms with Crippen molar-refractivity contribution in [2.45, 2.75) is 49.7 Å². The molecule has 0 saturated carbocycles. The fourth-order valence-electron chi connectivity index (χ4n) is 7.74. The minimum atomic E-state index is -4.02. The van der Waals surface area contributed by atoms with Gasteiger partial charge in [0, 0.05) is 12.6 Å². The molecule has 0 aliphatic rings. The first-order valence-corrected chi connectivity index (χ1v) is 22.4. The molecule has 0 aliphatic heterocycles. The maximum atomic E-state index is 15.0. The predicted molar refractivity (Wildman–Crippen MR) is 227 cm³/mol. The van der Waals surface area contributed by atoms with Crippen LogP contribution < -0.4 is 15.6 Å². The third kappa shape index (κ3) is 8.81. The summed E-state index contributed by atoms with van der Waals surface area (Å²) in [6, 6.07) is 57.8. The molecular formula is C48H49NO4SSi. The molecule has 6 rings (SSSR count). The third-order valence-electron chi connectivity index (χ3n) is 10.6. The van der Waals surface area contributed by atoms with Gasteiger partial charge in [-0.05, 0) is 62.8 Å². The summed E-state index contributed by atoms with van der Waals surface area (Å²) in [7, 11) is -5.72. The molecular weight excluding hydrogens is 715 g/mol. The quantitative estimate of drug-likeness (QED) is 0.0435. The van der Waals surface area contributed by atoms with E-state index in [4.69, 9.17) is 4.74 Å². The second kappa shape index (κ2) is 18.3. The van der Waals surface area contributed by atoms with Gasteiger partial charge in [-0.2, -0.15) is 4.31 Å². The lowest BCUT2D eigenvalue weighted by Gasteiger charge is -2.42. The van der Waals surface area contributed by atoms with Crippen molar-refractivity contribution in [3.8, 4) is 0 Å². The molecule has 0 aliphatic carbocycles. The van der Waals surface area contributed by atoms with Crippen molar-refractivity contribution in [1.29, 1.82) is 0 Å². The summed E-state index contributed by atoms with van der Waals surface area (Å²) in [6.07, 6.45) is 5.42. The lowest BCUT2D eigenvalue weighted by Crippen LogP contribution is -2.71. The Kier molecular flexibility index (Phi) is 13.1. The SMILES string of the molecule is CCc1ccc(S(=O)(=O)N(Cc2ccccc2)[C@H](/C=C/[C@H]([C@@H](C)C(=O)OC)[Si](c2ccccc2)(c2ccccc2)c2ccccc2)Cc2ccccc2)cc1. The Morgan fingerprint density at radius 2 is 1.05 bits per heavy atom. The zero-order valence-electron chi connectivity index (χ0n) is 31.7. The number of ether oxygens (including phenoxy) is 1. The minimum absolute atomic E-state index is 0.163. The van der Waals surface area contributed by atoms with Gasteiger partial charge in [-0.1, -0.05) is 190 Å². The number of benzene rings is 6. The molecule has 7 heteroatoms. The molecule has 6 aromatic rings. The first kappa shape index (κ1) is 39.4. The second-order valence-electron chi connectivity index (χ2n) is 13.9. The molecule has 280 valence electrons. The van der Waals surface area contributed by atoms with E-state index in [2.05, 4.69) is 91.9 Å². The average molecular weight is 764 g/mol. The number of esters is 1. The summed E-state index contributed by atoms with van der Waals surface area (Å²) in [5.74, 6) is -0.898. The van der Waals surface area contributed by atoms with Gasteiger partial charge in [0.15, 0.2) is 8.07 Å². The topological polar surface area (TPSA) is 63.7 Å². The molecule has 0 unspecified atom stereocenters. The van der Waals surface area contributed by atoms with Crippen LogP contribution >= 0.6 is 0 Å². The number of aryl methyl sites for hydroxylation is 1. The van der Waals surface area contributed by atoms with Crippen LogP contribution in [0.5, 0.6) is 0 Å². The zero-order valence-corrected chi connectivity index (χ0v) is 33.6. The van der Waals surface area contributed by atoms with Crippen molar-refractivity contribution in [1.82, 2.24) is 4.31 Å². The monoisotopic (exact) mass is 763 g/mol. The van der Waals surface area contributed by atoms with Crippen LogP contribution in [0.15, 0.2) is 193 Å². The molecule has 0 bridgehead atoms. The van der Waals surface area contributed by atoms with Gasteiger partial charge >= 0.3 is 5.97 Å². The van der Waals surface area contributed by atoms with Crippen molar-refractivity contribution in [2.75, 3.05) is 7.11 Å². The Hall–Kier alpha value is -5.34. The lowest BCUT2D eigenvalue weighted by molar-refractivity contribution is -0.144. The van der Waals surface area contributed by atoms with Crippen molar-refractivity contribution >= 4 is 39.6 Å². The summed E-state index contributed by atoms with van der Waals surface area (Å²) < 4.78 is 37.1. The van der Waals surface area contributed by atoms with Crippen molar-refractivity contribution in [3.05, 3.63) is 205 Å². The predicted octanol–water partition coefficient (Wildman–Crippen LogP) is 7.96. The van der Waals surface area contributed by atoms with Crippen LogP contribution in [0.4, 0.5) is 0 Å². The van der Waals surface area contributed by atoms with Crippen LogP contribution in [0.1, 0.15) is 30.5 Å². The van der Waals surface area contributed by atoms with Crippen molar-refractivity contribution in [2.24, 2.45) is 5.92 Å². The molecule has 3 atom stereocenters. The van der Waals surface area contributed by atoms with Crippen LogP contribution in [0.3, 0.4) is 0 Å². The normalized spacial score (nSPS) is 13.7. The van der Waals surface area contributed by atoms with E-state index in [0.29, 0.717) is 6.42 Å². The molecule has 0 aromatic heterocycles. The van der Waals surface area contributed by atoms with E-state index in [-0.39, 0.29) is 23.0 Å². The van der Waals surface area contributed by atoms with Crippen LogP contribution in [0.2, 0.25) is 5.54 Å². The molecule has 0 amide bonds. The number of sulfonamides is 1. The number of hydrogen-bond donors (Lipinski definition) is 0. The highest BCUT2D eigenvalue weighted by molar-refractivity contribution is 7.89. The Labute approximate surface area is 328 Å². The number of carbonyl (C=O) groups is 1. The number of allylic oxidation sites excluding steroid dienone is 1. The minimum Gasteiger partial charge on any atom is -0.469 e. The van der Waals surface area contributed by atoms with Crippen LogP contribution in [-0.2, 0) is 38.9 Å². The second-order valence-corrected chi connectivity index (χ2v) is 19.8. The Balaban J connectivity index is 1.61. The smallest absolute Gasteiger partial charge is 0.308 e. The van der Waals surface area contributed by atoms with Gasteiger partial charge in [-0.25, -0.2) is 8.42 Å². The van der Waals surface area contributed by atoms with Crippen LogP contribution in [0, 0.1) is 5.92 Å². The van der Waals surface area contributed by atoms with Gasteiger partial charge in [0.2, 0.25) is 10.0 Å². The largest absolute Gasteiger partial charge is 0.469 e. The number of rotatable bonds is 16. The highest BCUT2D eigenvalue weighted by atomic mass is 32.2. The van der Waals surface area contributed by atoms with E-state index in [1.165, 1.54) is 7.11 Å². The summed E-state index contributed by atoms with van der Waals surface area (Å²) in [6.45, 7) is 4.16. The Morgan fingerprint density at radius 1 is 0.618 bits per heavy atom. The average Bonchev–Trinajstić information content (AvgIpc) is 3.25. The van der Waals surface area contributed by atoms with Gasteiger partial charge in [-0.3, -0.25) is 4.79 Å². The fourth-order valence-corrected chi connectivity index (χ4v) is 14.9. The van der Waals surface area contributed by atoms with Gasteiger partial charge in [0.25, 0.3) is 0 Å². The summed E-state index contributed by atoms with van der Waals surface area (Å²) in [5, 5.41) is 3.42. The van der Waals surface area contributed by atoms with Gasteiger partial charge in [-0.15, -0.1) is 0 Å². The van der Waals surface area contributed by atoms with E-state index in [0.717, 1.165) is 38.7 Å². The first-order valence-electron chi connectivity index (χ1n) is 18.9. The Bertz CT molecular complexity index is 2140. The van der Waals surface area contributed by atoms with Crippen LogP contribution in [-0.4, -0.2) is 39.9 Å². The lowest BCUT2D eigenvalue weighted by atomic mass is 10.0. The summed E-state index contributed by atoms with van der Waals surface area (Å²) in [5.41, 5.74) is 2.57. The fraction of sp³-hybridized carbons (Fsp3) is 0.188. The summed E-state index contributed by atoms with van der Waals surface area (Å²) >= 11 is 0. The number of carbonyl (C=O) groups excluding carboxylic acids is 1. The Morgan fingerprint density at radius 3 is 1.49 bits per heavy atom. The van der Waals surface area contributed by atoms with Gasteiger partial charge < -0.3 is 4.74 Å². The molecule has 55 heavy (non-hydrogen) atoms. The molecule has 5 nitrogen and oxygen atoms in total. The first-order chi connectivity index (χ1) is 26.8. The number of nitrogens with zero attached hydrogens (tertiary/aromatic N) is 1. The van der Waals surface area contributed by atoms with E-state index in [9.17, 15) is 13.2 Å². The number of hydrogen-bond acceptors (Lipinski definition) is 4. The number of methoxy groups -OCH3 is 1. The molecule has 0 N–H and O–H groups in total. The molecule has 0 fully saturated rings. The zero-order chi connectivity index (χ0) is 38.7. The molecule has 0 radical (unpaired) electrons. The molecule has 0 spiro atoms. The molecule has 0 saturated heterocycles. The summed E-state index contributed by atoms with van der Waals surface area (Å²) in [4.78, 5) is 14.1.